The van der Waals surface area contributed by atoms with Crippen molar-refractivity contribution < 1.29 is 200 Å². The molecule has 17 unspecified atom stereocenters. The third kappa shape index (κ3) is 29.4. The minimum absolute atomic E-state index is 0.156. The van der Waals surface area contributed by atoms with Gasteiger partial charge in [-0.1, -0.05) is 0 Å². The zero-order valence-corrected chi connectivity index (χ0v) is 66.2. The predicted molar refractivity (Wildman–Crippen MR) is 372 cm³/mol. The van der Waals surface area contributed by atoms with Gasteiger partial charge in [-0.25, -0.2) is 0 Å². The van der Waals surface area contributed by atoms with E-state index in [9.17, 15) is 91.9 Å². The van der Waals surface area contributed by atoms with E-state index in [1.165, 1.54) is 14.2 Å². The van der Waals surface area contributed by atoms with Gasteiger partial charge in [-0.3, -0.25) is 0 Å². The number of hydrogen-bond acceptors (Lipinski definition) is 36. The van der Waals surface area contributed by atoms with Crippen LogP contribution in [0.4, 0.5) is 0 Å². The van der Waals surface area contributed by atoms with Gasteiger partial charge in [0.15, 0.2) is 37.7 Å². The van der Waals surface area contributed by atoms with Crippen LogP contribution in [0.25, 0.3) is 0 Å². The highest BCUT2D eigenvalue weighted by atomic mass is 16.8. The van der Waals surface area contributed by atoms with Gasteiger partial charge in [-0.15, -0.1) is 0 Å². The second-order valence-electron chi connectivity index (χ2n) is 34.6. The smallest absolute Gasteiger partial charge is 0.187 e. The van der Waals surface area contributed by atoms with Crippen molar-refractivity contribution >= 4 is 0 Å². The molecular formula is C68H136N5O36+5. The van der Waals surface area contributed by atoms with E-state index in [0.717, 1.165) is 0 Å². The summed E-state index contributed by atoms with van der Waals surface area (Å²) in [7, 11) is 30.1. The summed E-state index contributed by atoms with van der Waals surface area (Å²) in [5, 5.41) is 207. The van der Waals surface area contributed by atoms with E-state index in [0.29, 0.717) is 24.5 Å². The monoisotopic (exact) mass is 1600 g/mol. The molecule has 0 aromatic carbocycles. The number of quaternary nitrogens is 5. The van der Waals surface area contributed by atoms with Crippen molar-refractivity contribution in [2.24, 2.45) is 0 Å². The summed E-state index contributed by atoms with van der Waals surface area (Å²) >= 11 is 0. The molecule has 35 atom stereocenters. The quantitative estimate of drug-likeness (QED) is 0.0252. The van der Waals surface area contributed by atoms with Crippen LogP contribution >= 0.6 is 0 Å². The van der Waals surface area contributed by atoms with E-state index >= 15 is 0 Å². The Hall–Kier alpha value is -1.64. The first-order valence-electron chi connectivity index (χ1n) is 36.9. The van der Waals surface area contributed by atoms with Crippen molar-refractivity contribution in [3.63, 3.8) is 0 Å². The van der Waals surface area contributed by atoms with E-state index in [1.807, 2.05) is 106 Å². The zero-order valence-electron chi connectivity index (χ0n) is 66.2. The molecule has 6 aliphatic rings. The van der Waals surface area contributed by atoms with Gasteiger partial charge in [0.1, 0.15) is 210 Å². The molecule has 6 saturated heterocycles. The molecule has 0 bridgehead atoms. The highest BCUT2D eigenvalue weighted by Crippen LogP contribution is 2.38. The van der Waals surface area contributed by atoms with E-state index < -0.39 is 248 Å². The average molecular weight is 1600 g/mol. The molecule has 6 aliphatic heterocycles. The Bertz CT molecular complexity index is 2580. The molecule has 6 heterocycles. The van der Waals surface area contributed by atoms with Gasteiger partial charge in [-0.2, -0.15) is 0 Å². The normalized spacial score (nSPS) is 39.8. The topological polar surface area (TPSA) is 530 Å². The Labute approximate surface area is 637 Å². The number of rotatable bonds is 43. The molecule has 41 heteroatoms. The first-order valence-corrected chi connectivity index (χ1v) is 36.9. The highest BCUT2D eigenvalue weighted by molar-refractivity contribution is 5.00. The second-order valence-corrected chi connectivity index (χ2v) is 34.6. The summed E-state index contributed by atoms with van der Waals surface area (Å²) in [4.78, 5) is 0. The molecule has 0 aromatic rings. The molecule has 644 valence electrons. The van der Waals surface area contributed by atoms with Crippen LogP contribution in [0.3, 0.4) is 0 Å². The van der Waals surface area contributed by atoms with E-state index in [1.54, 1.807) is 0 Å². The van der Waals surface area contributed by atoms with E-state index in [2.05, 4.69) is 0 Å². The van der Waals surface area contributed by atoms with Crippen LogP contribution in [0.15, 0.2) is 0 Å². The fourth-order valence-electron chi connectivity index (χ4n) is 13.8. The first kappa shape index (κ1) is 96.2. The van der Waals surface area contributed by atoms with Crippen LogP contribution in [0.1, 0.15) is 0 Å². The molecular weight excluding hydrogens is 1460 g/mol. The Balaban J connectivity index is 1.32. The van der Waals surface area contributed by atoms with Crippen LogP contribution in [0.5, 0.6) is 0 Å². The molecule has 6 rings (SSSR count). The lowest BCUT2D eigenvalue weighted by Crippen LogP contribution is -2.68. The maximum atomic E-state index is 12.4. The van der Waals surface area contributed by atoms with Gasteiger partial charge < -0.3 is 200 Å². The summed E-state index contributed by atoms with van der Waals surface area (Å²) in [6, 6.07) is 0. The van der Waals surface area contributed by atoms with Crippen molar-refractivity contribution in [3.05, 3.63) is 0 Å². The minimum Gasteiger partial charge on any atom is -0.387 e. The lowest BCUT2D eigenvalue weighted by Gasteiger charge is -2.50. The van der Waals surface area contributed by atoms with Crippen molar-refractivity contribution in [1.82, 2.24) is 0 Å². The van der Waals surface area contributed by atoms with Crippen LogP contribution in [-0.2, 0) is 85.3 Å². The fourth-order valence-corrected chi connectivity index (χ4v) is 13.8. The second kappa shape index (κ2) is 42.2. The van der Waals surface area contributed by atoms with Crippen LogP contribution < -0.4 is 0 Å². The van der Waals surface area contributed by atoms with Crippen molar-refractivity contribution in [1.29, 1.82) is 0 Å². The molecule has 0 saturated carbocycles. The summed E-state index contributed by atoms with van der Waals surface area (Å²) in [5.74, 6) is 0. The number of methoxy groups -OCH3 is 2. The Morgan fingerprint density at radius 1 is 0.239 bits per heavy atom. The SMILES string of the molecule is CO[C@@H]1OC(COCC(O)C[N+](C)(C)C)[C@@H](O[C@H]2O[C@@H](CO[C@H]3O[C@@H](COCC(O)C[N+](C)(C)C)[C@H](O)C(O)C3O)[C@@H](O[C@@H]3OC(COCC(O)C[N+](C)(C)C)[C@@H](O[C@H]4O[C@@H](COCC(O)C[N+](C)(C)C)[C@@H](O[C@@H]5OC(COCC(O)C[N+](C)(C)C)[C@@H](OC)[C@H](O)C5O)C(O)C4O)[C@H](O)C3O)C(O)C2O)[C@H](O)C1O. The Kier molecular flexibility index (Phi) is 37.2. The van der Waals surface area contributed by atoms with Gasteiger partial charge in [0.05, 0.1) is 178 Å². The molecule has 18 N–H and O–H groups in total. The van der Waals surface area contributed by atoms with E-state index in [-0.39, 0.29) is 70.3 Å². The zero-order chi connectivity index (χ0) is 81.7. The molecule has 6 fully saturated rings. The van der Waals surface area contributed by atoms with Gasteiger partial charge in [-0.05, 0) is 0 Å². The largest absolute Gasteiger partial charge is 0.387 e. The molecule has 0 amide bonds. The molecule has 0 aromatic heterocycles. The van der Waals surface area contributed by atoms with Gasteiger partial charge in [0, 0.05) is 14.2 Å². The first-order chi connectivity index (χ1) is 50.5. The molecule has 109 heavy (non-hydrogen) atoms. The number of aliphatic hydroxyl groups is 18. The molecule has 0 spiro atoms. The van der Waals surface area contributed by atoms with Gasteiger partial charge in [0.2, 0.25) is 0 Å². The molecule has 0 aliphatic carbocycles. The summed E-state index contributed by atoms with van der Waals surface area (Å²) < 4.78 is 110. The molecule has 0 radical (unpaired) electrons. The lowest BCUT2D eigenvalue weighted by molar-refractivity contribution is -0.873. The number of hydrogen-bond donors (Lipinski definition) is 18. The summed E-state index contributed by atoms with van der Waals surface area (Å²) in [5.41, 5.74) is 0. The third-order valence-electron chi connectivity index (χ3n) is 18.7. The van der Waals surface area contributed by atoms with Crippen molar-refractivity contribution in [3.8, 4) is 0 Å². The van der Waals surface area contributed by atoms with Crippen molar-refractivity contribution in [2.75, 3.05) is 225 Å². The maximum absolute atomic E-state index is 12.4. The predicted octanol–water partition coefficient (Wildman–Crippen LogP) is -12.3. The summed E-state index contributed by atoms with van der Waals surface area (Å²) in [6.07, 6.45) is -60.2. The third-order valence-corrected chi connectivity index (χ3v) is 18.7. The summed E-state index contributed by atoms with van der Waals surface area (Å²) in [6.45, 7) is -3.35. The maximum Gasteiger partial charge on any atom is 0.187 e. The van der Waals surface area contributed by atoms with Crippen LogP contribution in [0.2, 0.25) is 0 Å². The van der Waals surface area contributed by atoms with Crippen LogP contribution in [-0.4, -0.2) is 554 Å². The Morgan fingerprint density at radius 3 is 0.706 bits per heavy atom. The molecule has 41 nitrogen and oxygen atoms in total. The number of likely N-dealkylation sites (N-methyl/N-ethyl adjacent to an activating group) is 5. The minimum atomic E-state index is -2.29. The fraction of sp³-hybridized carbons (Fsp3) is 1.00. The average Bonchev–Trinajstić information content (AvgIpc) is 0.771. The van der Waals surface area contributed by atoms with Crippen LogP contribution in [0, 0.1) is 0 Å². The van der Waals surface area contributed by atoms with Crippen molar-refractivity contribution in [2.45, 2.75) is 215 Å². The Morgan fingerprint density at radius 2 is 0.450 bits per heavy atom. The standard InChI is InChI=1S/C68H136N5O36/c1-69(2,3)18-34(74)23-94-28-39-45(79)46(80)52(86)64(100-39)99-33-44-62(51(85)57(91)68(105-44)106-59-41(101-63(93-17)53(87)48(59)82)30-96-25-36(76)20-71(7,8)9)109-67-56(90)50(84)61(43(104-67)32-98-27-38(78)22-73(13,14)15)108-66-55(89)49(83)60(42(103-66)31-97-26-37(77)21-72(10,11)12)107-65-54(88)47(81)58(92-16)40(102-65)29-95-24-35(75)19-70(4,5)6/h34-68,74-91H,18-33H2,1-17H3/q+5/t34?,35?,36?,37?,38?,39-,40?,41?,42-,43?,44-,45-,46?,47+,48+,49?,50+,51?,52?,53?,54?,55?,56?,57?,58+,59+,60+,61+,62+,63+,64-,65-,66+,67-,68+/m0/s1. The number of nitrogens with zero attached hydrogens (tertiary/aromatic N) is 5. The van der Waals surface area contributed by atoms with Gasteiger partial charge in [0.25, 0.3) is 0 Å². The van der Waals surface area contributed by atoms with Gasteiger partial charge >= 0.3 is 0 Å². The number of aliphatic hydroxyl groups excluding tert-OH is 18. The van der Waals surface area contributed by atoms with E-state index in [4.69, 9.17) is 85.3 Å². The lowest BCUT2D eigenvalue weighted by atomic mass is 9.95. The number of ether oxygens (including phenoxy) is 18. The highest BCUT2D eigenvalue weighted by Gasteiger charge is 2.58.